The smallest absolute Gasteiger partial charge is 0.164 e. The second-order valence-electron chi connectivity index (χ2n) is 4.13. The fourth-order valence-electron chi connectivity index (χ4n) is 1.93. The van der Waals surface area contributed by atoms with Crippen LogP contribution in [-0.4, -0.2) is 23.9 Å². The maximum atomic E-state index is 6.23. The van der Waals surface area contributed by atoms with Gasteiger partial charge in [-0.3, -0.25) is 0 Å². The van der Waals surface area contributed by atoms with E-state index in [-0.39, 0.29) is 0 Å². The van der Waals surface area contributed by atoms with Crippen molar-refractivity contribution >= 4 is 22.8 Å². The Labute approximate surface area is 102 Å². The molecule has 0 aromatic heterocycles. The summed E-state index contributed by atoms with van der Waals surface area (Å²) in [6.45, 7) is 2.32. The number of piperidine rings is 1. The number of hydrogen-bond acceptors (Lipinski definition) is 0. The van der Waals surface area contributed by atoms with Crippen molar-refractivity contribution in [2.45, 2.75) is 19.3 Å². The van der Waals surface area contributed by atoms with Crippen molar-refractivity contribution in [3.8, 4) is 0 Å². The zero-order chi connectivity index (χ0) is 11.2. The lowest BCUT2D eigenvalue weighted by atomic mass is 10.1. The molecule has 0 atom stereocenters. The third-order valence-corrected chi connectivity index (χ3v) is 3.22. The highest BCUT2D eigenvalue weighted by molar-refractivity contribution is 6.49. The van der Waals surface area contributed by atoms with Crippen LogP contribution in [0.25, 0.3) is 5.03 Å². The Morgan fingerprint density at radius 1 is 1.06 bits per heavy atom. The van der Waals surface area contributed by atoms with Gasteiger partial charge >= 0.3 is 0 Å². The number of benzene rings is 1. The van der Waals surface area contributed by atoms with Crippen LogP contribution in [0, 0.1) is 0 Å². The lowest BCUT2D eigenvalue weighted by Gasteiger charge is -2.08. The van der Waals surface area contributed by atoms with Gasteiger partial charge in [-0.15, -0.1) is 0 Å². The molecule has 2 heteroatoms. The van der Waals surface area contributed by atoms with Gasteiger partial charge in [-0.2, -0.15) is 0 Å². The van der Waals surface area contributed by atoms with Crippen LogP contribution in [0.4, 0.5) is 0 Å². The predicted octanol–water partition coefficient (Wildman–Crippen LogP) is 3.53. The molecule has 1 nitrogen and oxygen atoms in total. The number of nitrogens with zero attached hydrogens (tertiary/aromatic N) is 1. The molecule has 1 heterocycles. The van der Waals surface area contributed by atoms with E-state index in [0.29, 0.717) is 0 Å². The second-order valence-corrected chi connectivity index (χ2v) is 4.53. The summed E-state index contributed by atoms with van der Waals surface area (Å²) >= 11 is 6.23. The maximum absolute atomic E-state index is 6.23. The Morgan fingerprint density at radius 3 is 2.44 bits per heavy atom. The number of rotatable bonds is 2. The van der Waals surface area contributed by atoms with Gasteiger partial charge in [-0.25, -0.2) is 4.58 Å². The van der Waals surface area contributed by atoms with Crippen LogP contribution in [0.3, 0.4) is 0 Å². The maximum Gasteiger partial charge on any atom is 0.164 e. The molecule has 1 aliphatic heterocycles. The third-order valence-electron chi connectivity index (χ3n) is 2.87. The first-order chi connectivity index (χ1) is 7.86. The number of hydrogen-bond donors (Lipinski definition) is 0. The van der Waals surface area contributed by atoms with Crippen molar-refractivity contribution < 1.29 is 4.58 Å². The van der Waals surface area contributed by atoms with Gasteiger partial charge in [0.05, 0.1) is 5.03 Å². The summed E-state index contributed by atoms with van der Waals surface area (Å²) in [5, 5.41) is 0.811. The van der Waals surface area contributed by atoms with Crippen molar-refractivity contribution in [3.63, 3.8) is 0 Å². The topological polar surface area (TPSA) is 3.01 Å². The molecule has 0 unspecified atom stereocenters. The van der Waals surface area contributed by atoms with Gasteiger partial charge in [-0.1, -0.05) is 41.9 Å². The van der Waals surface area contributed by atoms with E-state index in [1.807, 2.05) is 36.4 Å². The van der Waals surface area contributed by atoms with Crippen molar-refractivity contribution in [1.29, 1.82) is 0 Å². The number of allylic oxidation sites excluding steroid dienone is 1. The van der Waals surface area contributed by atoms with Crippen LogP contribution >= 0.6 is 11.6 Å². The third kappa shape index (κ3) is 3.21. The van der Waals surface area contributed by atoms with Crippen molar-refractivity contribution in [3.05, 3.63) is 42.0 Å². The first kappa shape index (κ1) is 11.4. The first-order valence-corrected chi connectivity index (χ1v) is 6.24. The van der Waals surface area contributed by atoms with Gasteiger partial charge in [0.15, 0.2) is 6.21 Å². The summed E-state index contributed by atoms with van der Waals surface area (Å²) in [4.78, 5) is 0. The first-order valence-electron chi connectivity index (χ1n) is 5.86. The van der Waals surface area contributed by atoms with E-state index >= 15 is 0 Å². The minimum Gasteiger partial charge on any atom is -0.236 e. The zero-order valence-electron chi connectivity index (χ0n) is 9.40. The summed E-state index contributed by atoms with van der Waals surface area (Å²) in [6, 6.07) is 10.1. The summed E-state index contributed by atoms with van der Waals surface area (Å²) in [5.41, 5.74) is 1.08. The predicted molar refractivity (Wildman–Crippen MR) is 70.2 cm³/mol. The highest BCUT2D eigenvalue weighted by Gasteiger charge is 2.09. The average molecular weight is 235 g/mol. The molecule has 16 heavy (non-hydrogen) atoms. The van der Waals surface area contributed by atoms with Crippen molar-refractivity contribution in [2.75, 3.05) is 13.1 Å². The minimum absolute atomic E-state index is 0.811. The molecule has 1 aromatic rings. The van der Waals surface area contributed by atoms with Gasteiger partial charge < -0.3 is 0 Å². The van der Waals surface area contributed by atoms with Gasteiger partial charge in [-0.05, 0) is 12.0 Å². The zero-order valence-corrected chi connectivity index (χ0v) is 10.2. The lowest BCUT2D eigenvalue weighted by Crippen LogP contribution is -2.20. The molecule has 2 rings (SSSR count). The normalized spacial score (nSPS) is 17.3. The van der Waals surface area contributed by atoms with E-state index in [1.165, 1.54) is 19.3 Å². The van der Waals surface area contributed by atoms with Crippen LogP contribution in [0.1, 0.15) is 24.8 Å². The Kier molecular flexibility index (Phi) is 4.17. The average Bonchev–Trinajstić information content (AvgIpc) is 2.38. The van der Waals surface area contributed by atoms with Crippen LogP contribution in [-0.2, 0) is 0 Å². The standard InChI is InChI=1S/C14H17ClN/c15-14(13-7-3-1-4-8-13)9-12-16-10-5-2-6-11-16/h1,3-4,7-9,12H,2,5-6,10-11H2/q+1. The fourth-order valence-corrected chi connectivity index (χ4v) is 2.11. The molecule has 0 saturated carbocycles. The molecule has 0 bridgehead atoms. The van der Waals surface area contributed by atoms with Crippen molar-refractivity contribution in [2.24, 2.45) is 0 Å². The second kappa shape index (κ2) is 5.86. The molecule has 0 amide bonds. The monoisotopic (exact) mass is 234 g/mol. The van der Waals surface area contributed by atoms with Gasteiger partial charge in [0.25, 0.3) is 0 Å². The van der Waals surface area contributed by atoms with Gasteiger partial charge in [0, 0.05) is 18.9 Å². The molecule has 0 N–H and O–H groups in total. The van der Waals surface area contributed by atoms with Gasteiger partial charge in [0.1, 0.15) is 13.1 Å². The SMILES string of the molecule is ClC(=CC=[N+]1CCCCC1)c1ccccc1. The molecular formula is C14H17ClN+. The number of halogens is 1. The minimum atomic E-state index is 0.811. The van der Waals surface area contributed by atoms with Crippen LogP contribution in [0.2, 0.25) is 0 Å². The highest BCUT2D eigenvalue weighted by atomic mass is 35.5. The van der Waals surface area contributed by atoms with Crippen LogP contribution in [0.5, 0.6) is 0 Å². The van der Waals surface area contributed by atoms with E-state index in [9.17, 15) is 0 Å². The summed E-state index contributed by atoms with van der Waals surface area (Å²) < 4.78 is 2.34. The summed E-state index contributed by atoms with van der Waals surface area (Å²) in [7, 11) is 0. The molecule has 1 aliphatic rings. The Hall–Kier alpha value is -1.08. The van der Waals surface area contributed by atoms with E-state index in [0.717, 1.165) is 23.7 Å². The Balaban J connectivity index is 2.06. The van der Waals surface area contributed by atoms with E-state index in [2.05, 4.69) is 10.8 Å². The quantitative estimate of drug-likeness (QED) is 0.689. The lowest BCUT2D eigenvalue weighted by molar-refractivity contribution is -0.532. The highest BCUT2D eigenvalue weighted by Crippen LogP contribution is 2.17. The van der Waals surface area contributed by atoms with E-state index in [4.69, 9.17) is 11.6 Å². The molecule has 0 aliphatic carbocycles. The molecule has 1 saturated heterocycles. The Bertz CT molecular complexity index is 384. The molecule has 0 spiro atoms. The van der Waals surface area contributed by atoms with E-state index < -0.39 is 0 Å². The molecule has 1 aromatic carbocycles. The van der Waals surface area contributed by atoms with Crippen LogP contribution in [0.15, 0.2) is 36.4 Å². The summed E-state index contributed by atoms with van der Waals surface area (Å²) in [5.74, 6) is 0. The van der Waals surface area contributed by atoms with Crippen molar-refractivity contribution in [1.82, 2.24) is 0 Å². The summed E-state index contributed by atoms with van der Waals surface area (Å²) in [6.07, 6.45) is 8.08. The molecule has 84 valence electrons. The Morgan fingerprint density at radius 2 is 1.75 bits per heavy atom. The van der Waals surface area contributed by atoms with Gasteiger partial charge in [0.2, 0.25) is 0 Å². The molecule has 0 radical (unpaired) electrons. The molecular weight excluding hydrogens is 218 g/mol. The largest absolute Gasteiger partial charge is 0.236 e. The van der Waals surface area contributed by atoms with E-state index in [1.54, 1.807) is 0 Å². The van der Waals surface area contributed by atoms with Crippen LogP contribution < -0.4 is 0 Å². The fraction of sp³-hybridized carbons (Fsp3) is 0.357. The molecule has 1 fully saturated rings.